The number of rotatable bonds is 8. The number of carboxylic acids is 2. The molecule has 0 saturated heterocycles. The van der Waals surface area contributed by atoms with Crippen LogP contribution < -0.4 is 36.5 Å². The summed E-state index contributed by atoms with van der Waals surface area (Å²) in [6.45, 7) is 4.15. The van der Waals surface area contributed by atoms with Gasteiger partial charge in [0.05, 0.1) is 20.1 Å². The largest absolute Gasteiger partial charge is 0.550 e. The summed E-state index contributed by atoms with van der Waals surface area (Å²) < 4.78 is 7.96. The average Bonchev–Trinajstić information content (AvgIpc) is 3.34. The Hall–Kier alpha value is -2.76. The smallest absolute Gasteiger partial charge is 0.244 e. The average molecular weight is 426 g/mol. The third-order valence-corrected chi connectivity index (χ3v) is 4.14. The number of carboxylic acid groups (broad SMARTS) is 2. The molecule has 170 valence electrons. The first-order valence-corrected chi connectivity index (χ1v) is 9.74. The van der Waals surface area contributed by atoms with E-state index in [-0.39, 0.29) is 25.2 Å². The number of imidazole rings is 2. The highest BCUT2D eigenvalue weighted by atomic mass is 16.4. The number of aliphatic carboxylic acids is 2. The fourth-order valence-corrected chi connectivity index (χ4v) is 2.14. The number of hydrogen-bond donors (Lipinski definition) is 3. The van der Waals surface area contributed by atoms with Crippen LogP contribution in [-0.2, 0) is 23.7 Å². The van der Waals surface area contributed by atoms with Gasteiger partial charge in [0.1, 0.15) is 37.1 Å². The normalized spacial score (nSPS) is 13.2. The molecule has 0 spiro atoms. The molecule has 2 unspecified atom stereocenters. The lowest BCUT2D eigenvalue weighted by Crippen LogP contribution is -2.42. The van der Waals surface area contributed by atoms with Crippen LogP contribution in [0.5, 0.6) is 0 Å². The highest BCUT2D eigenvalue weighted by molar-refractivity contribution is 5.72. The number of carbonyl (C=O) groups excluding carboxylic acids is 2. The first kappa shape index (κ1) is 27.2. The maximum Gasteiger partial charge on any atom is 0.244 e. The Morgan fingerprint density at radius 1 is 0.900 bits per heavy atom. The van der Waals surface area contributed by atoms with Crippen molar-refractivity contribution < 1.29 is 28.9 Å². The Labute approximate surface area is 177 Å². The van der Waals surface area contributed by atoms with Crippen LogP contribution in [0.15, 0.2) is 37.4 Å². The molecule has 0 fully saturated rings. The summed E-state index contributed by atoms with van der Waals surface area (Å²) in [7, 11) is 3.97. The molecular weight excluding hydrogens is 390 g/mol. The summed E-state index contributed by atoms with van der Waals surface area (Å²) in [5.74, 6) is -2.75. The summed E-state index contributed by atoms with van der Waals surface area (Å²) in [5, 5.41) is 19.6. The van der Waals surface area contributed by atoms with E-state index >= 15 is 0 Å². The topological polar surface area (TPSA) is 176 Å². The number of carbonyl (C=O) groups is 2. The van der Waals surface area contributed by atoms with E-state index in [1.54, 1.807) is 0 Å². The minimum atomic E-state index is -1.44. The fraction of sp³-hybridized carbons (Fsp3) is 0.579. The van der Waals surface area contributed by atoms with E-state index in [0.717, 1.165) is 12.8 Å². The molecule has 0 saturated carbocycles. The molecular formula is C19H35N7O4. The summed E-state index contributed by atoms with van der Waals surface area (Å²) in [5.41, 5.74) is 16.4. The Bertz CT molecular complexity index is 713. The summed E-state index contributed by atoms with van der Waals surface area (Å²) in [4.78, 5) is 19.6. The van der Waals surface area contributed by atoms with Gasteiger partial charge in [-0.25, -0.2) is 18.3 Å². The van der Waals surface area contributed by atoms with Crippen molar-refractivity contribution in [3.63, 3.8) is 0 Å². The first-order chi connectivity index (χ1) is 14.0. The van der Waals surface area contributed by atoms with Crippen molar-refractivity contribution in [2.45, 2.75) is 57.9 Å². The van der Waals surface area contributed by atoms with Crippen LogP contribution in [0, 0.1) is 0 Å². The van der Waals surface area contributed by atoms with Crippen molar-refractivity contribution in [2.24, 2.45) is 31.3 Å². The van der Waals surface area contributed by atoms with Gasteiger partial charge in [0, 0.05) is 12.0 Å². The van der Waals surface area contributed by atoms with Crippen LogP contribution >= 0.6 is 0 Å². The van der Waals surface area contributed by atoms with Gasteiger partial charge in [0.25, 0.3) is 0 Å². The predicted molar refractivity (Wildman–Crippen MR) is 105 cm³/mol. The van der Waals surface area contributed by atoms with E-state index in [0.29, 0.717) is 0 Å². The lowest BCUT2D eigenvalue weighted by Gasteiger charge is -2.11. The zero-order chi connectivity index (χ0) is 23.3. The minimum absolute atomic E-state index is 0.126. The van der Waals surface area contributed by atoms with Gasteiger partial charge in [-0.05, 0) is 25.7 Å². The third kappa shape index (κ3) is 11.3. The highest BCUT2D eigenvalue weighted by Crippen LogP contribution is 1.92. The Kier molecular flexibility index (Phi) is 12.9. The summed E-state index contributed by atoms with van der Waals surface area (Å²) >= 11 is 0. The van der Waals surface area contributed by atoms with Gasteiger partial charge < -0.3 is 25.5 Å². The van der Waals surface area contributed by atoms with Crippen LogP contribution in [-0.4, -0.2) is 27.1 Å². The summed E-state index contributed by atoms with van der Waals surface area (Å²) in [6, 6.07) is -1.21. The van der Waals surface area contributed by atoms with Crippen molar-refractivity contribution in [1.29, 1.82) is 0 Å². The van der Waals surface area contributed by atoms with E-state index in [2.05, 4.69) is 13.8 Å². The van der Waals surface area contributed by atoms with Crippen LogP contribution in [0.3, 0.4) is 0 Å². The molecule has 11 heteroatoms. The van der Waals surface area contributed by atoms with Gasteiger partial charge in [-0.1, -0.05) is 13.8 Å². The standard InChI is InChI=1S/2C7H14N3.C5H9NO4/c2*1-3-7(8)10-5-4-9(2)6-10;6-3(5(9)10)1-2-4(7)8/h2*4-7H,3,8H2,1-2H3;3H,1-2,6H2,(H,7,8)(H,9,10)/q2*+1;/p-2/t;;3-/m..0/s1. The SMILES string of the molecule is CCC(N)[n+]1ccn(C)c1.CCC(N)[n+]1ccn(C)c1.N[C@@H](CCC(=O)[O-])C(=O)[O-]. The molecule has 0 aliphatic carbocycles. The van der Waals surface area contributed by atoms with Gasteiger partial charge in [-0.15, -0.1) is 0 Å². The number of nitrogens with zero attached hydrogens (tertiary/aromatic N) is 4. The van der Waals surface area contributed by atoms with Crippen LogP contribution in [0.4, 0.5) is 0 Å². The second-order valence-corrected chi connectivity index (χ2v) is 6.84. The summed E-state index contributed by atoms with van der Waals surface area (Å²) in [6.07, 6.45) is 13.6. The molecule has 11 nitrogen and oxygen atoms in total. The maximum atomic E-state index is 9.86. The second kappa shape index (κ2) is 14.3. The van der Waals surface area contributed by atoms with E-state index in [9.17, 15) is 19.8 Å². The lowest BCUT2D eigenvalue weighted by atomic mass is 10.2. The van der Waals surface area contributed by atoms with Gasteiger partial charge in [-0.2, -0.15) is 0 Å². The zero-order valence-corrected chi connectivity index (χ0v) is 18.2. The Balaban J connectivity index is 0.000000420. The van der Waals surface area contributed by atoms with E-state index in [1.807, 2.05) is 69.8 Å². The molecule has 0 amide bonds. The van der Waals surface area contributed by atoms with E-state index < -0.39 is 18.0 Å². The Morgan fingerprint density at radius 2 is 1.30 bits per heavy atom. The van der Waals surface area contributed by atoms with Crippen molar-refractivity contribution in [1.82, 2.24) is 9.13 Å². The third-order valence-electron chi connectivity index (χ3n) is 4.14. The number of aryl methyl sites for hydroxylation is 2. The van der Waals surface area contributed by atoms with Gasteiger partial charge in [-0.3, -0.25) is 11.5 Å². The molecule has 0 radical (unpaired) electrons. The molecule has 2 heterocycles. The van der Waals surface area contributed by atoms with Gasteiger partial charge >= 0.3 is 0 Å². The van der Waals surface area contributed by atoms with Gasteiger partial charge in [0.2, 0.25) is 12.7 Å². The zero-order valence-electron chi connectivity index (χ0n) is 18.2. The molecule has 30 heavy (non-hydrogen) atoms. The highest BCUT2D eigenvalue weighted by Gasteiger charge is 2.07. The van der Waals surface area contributed by atoms with Crippen molar-refractivity contribution >= 4 is 11.9 Å². The van der Waals surface area contributed by atoms with E-state index in [1.165, 1.54) is 0 Å². The van der Waals surface area contributed by atoms with Crippen LogP contribution in [0.25, 0.3) is 0 Å². The molecule has 6 N–H and O–H groups in total. The number of aromatic nitrogens is 4. The molecule has 3 atom stereocenters. The molecule has 0 aliphatic heterocycles. The van der Waals surface area contributed by atoms with Crippen molar-refractivity contribution in [3.05, 3.63) is 37.4 Å². The second-order valence-electron chi connectivity index (χ2n) is 6.84. The van der Waals surface area contributed by atoms with Crippen LogP contribution in [0.2, 0.25) is 0 Å². The maximum absolute atomic E-state index is 9.86. The van der Waals surface area contributed by atoms with Crippen molar-refractivity contribution in [2.75, 3.05) is 0 Å². The molecule has 2 rings (SSSR count). The lowest BCUT2D eigenvalue weighted by molar-refractivity contribution is -0.722. The minimum Gasteiger partial charge on any atom is -0.550 e. The van der Waals surface area contributed by atoms with Crippen molar-refractivity contribution in [3.8, 4) is 0 Å². The molecule has 0 aliphatic rings. The molecule has 0 bridgehead atoms. The van der Waals surface area contributed by atoms with Gasteiger partial charge in [0.15, 0.2) is 0 Å². The fourth-order valence-electron chi connectivity index (χ4n) is 2.14. The number of nitrogens with two attached hydrogens (primary N) is 3. The molecule has 0 aromatic carbocycles. The van der Waals surface area contributed by atoms with Crippen LogP contribution in [0.1, 0.15) is 51.9 Å². The monoisotopic (exact) mass is 425 g/mol. The predicted octanol–water partition coefficient (Wildman–Crippen LogP) is -3.05. The van der Waals surface area contributed by atoms with E-state index in [4.69, 9.17) is 17.2 Å². The molecule has 2 aromatic heterocycles. The quantitative estimate of drug-likeness (QED) is 0.376. The number of hydrogen-bond acceptors (Lipinski definition) is 7. The first-order valence-electron chi connectivity index (χ1n) is 9.74. The Morgan fingerprint density at radius 3 is 1.53 bits per heavy atom. The molecule has 2 aromatic rings.